The Bertz CT molecular complexity index is 529. The lowest BCUT2D eigenvalue weighted by atomic mass is 10.1. The number of hydrogen-bond donors (Lipinski definition) is 1. The summed E-state index contributed by atoms with van der Waals surface area (Å²) in [6, 6.07) is 5.46. The van der Waals surface area contributed by atoms with Gasteiger partial charge in [-0.1, -0.05) is 0 Å². The third kappa shape index (κ3) is 1.88. The zero-order valence-electron chi connectivity index (χ0n) is 8.09. The number of carbonyl (C=O) groups is 1. The van der Waals surface area contributed by atoms with Crippen molar-refractivity contribution in [2.75, 3.05) is 0 Å². The minimum absolute atomic E-state index is 0.0469. The highest BCUT2D eigenvalue weighted by molar-refractivity contribution is 5.94. The van der Waals surface area contributed by atoms with Gasteiger partial charge in [-0.05, 0) is 24.3 Å². The Labute approximate surface area is 90.4 Å². The highest BCUT2D eigenvalue weighted by Crippen LogP contribution is 2.20. The molecule has 0 aliphatic carbocycles. The second-order valence-electron chi connectivity index (χ2n) is 3.08. The standard InChI is InChI=1S/C11H7FN2O2/c12-9-4-3-8(11(15)16)10(14-9)7-2-1-5-13-6-7/h1-6H,(H,15,16). The van der Waals surface area contributed by atoms with Crippen LogP contribution in [0.2, 0.25) is 0 Å². The molecule has 0 aliphatic heterocycles. The molecule has 0 saturated heterocycles. The Morgan fingerprint density at radius 2 is 2.12 bits per heavy atom. The number of nitrogens with zero attached hydrogens (tertiary/aromatic N) is 2. The van der Waals surface area contributed by atoms with Gasteiger partial charge >= 0.3 is 5.97 Å². The molecule has 0 atom stereocenters. The van der Waals surface area contributed by atoms with Crippen molar-refractivity contribution in [3.05, 3.63) is 48.2 Å². The van der Waals surface area contributed by atoms with E-state index in [4.69, 9.17) is 5.11 Å². The minimum Gasteiger partial charge on any atom is -0.478 e. The number of hydrogen-bond acceptors (Lipinski definition) is 3. The van der Waals surface area contributed by atoms with Gasteiger partial charge in [0.15, 0.2) is 0 Å². The summed E-state index contributed by atoms with van der Waals surface area (Å²) in [5, 5.41) is 8.94. The van der Waals surface area contributed by atoms with Crippen molar-refractivity contribution in [2.45, 2.75) is 0 Å². The lowest BCUT2D eigenvalue weighted by Gasteiger charge is -2.04. The van der Waals surface area contributed by atoms with Crippen molar-refractivity contribution in [1.29, 1.82) is 0 Å². The first-order chi connectivity index (χ1) is 7.68. The molecule has 0 fully saturated rings. The number of carboxylic acids is 1. The van der Waals surface area contributed by atoms with E-state index in [9.17, 15) is 9.18 Å². The molecule has 80 valence electrons. The zero-order valence-corrected chi connectivity index (χ0v) is 8.09. The smallest absolute Gasteiger partial charge is 0.337 e. The van der Waals surface area contributed by atoms with Gasteiger partial charge in [-0.2, -0.15) is 4.39 Å². The molecule has 2 heterocycles. The average Bonchev–Trinajstić information content (AvgIpc) is 2.29. The maximum Gasteiger partial charge on any atom is 0.337 e. The topological polar surface area (TPSA) is 63.1 Å². The molecular weight excluding hydrogens is 211 g/mol. The van der Waals surface area contributed by atoms with Crippen LogP contribution in [0.1, 0.15) is 10.4 Å². The molecule has 0 amide bonds. The van der Waals surface area contributed by atoms with E-state index in [1.54, 1.807) is 18.3 Å². The van der Waals surface area contributed by atoms with Gasteiger partial charge in [0.2, 0.25) is 5.95 Å². The number of aromatic nitrogens is 2. The van der Waals surface area contributed by atoms with Gasteiger partial charge in [-0.15, -0.1) is 0 Å². The van der Waals surface area contributed by atoms with Crippen molar-refractivity contribution >= 4 is 5.97 Å². The first kappa shape index (κ1) is 10.2. The summed E-state index contributed by atoms with van der Waals surface area (Å²) >= 11 is 0. The summed E-state index contributed by atoms with van der Waals surface area (Å²) in [4.78, 5) is 18.3. The van der Waals surface area contributed by atoms with Gasteiger partial charge in [0.05, 0.1) is 11.3 Å². The molecule has 0 bridgehead atoms. The molecular formula is C11H7FN2O2. The first-order valence-electron chi connectivity index (χ1n) is 4.49. The van der Waals surface area contributed by atoms with Crippen LogP contribution >= 0.6 is 0 Å². The van der Waals surface area contributed by atoms with Crippen LogP contribution in [0.15, 0.2) is 36.7 Å². The Morgan fingerprint density at radius 1 is 1.31 bits per heavy atom. The molecule has 16 heavy (non-hydrogen) atoms. The van der Waals surface area contributed by atoms with Gasteiger partial charge in [0, 0.05) is 18.0 Å². The Kier molecular flexibility index (Phi) is 2.59. The molecule has 5 heteroatoms. The molecule has 0 unspecified atom stereocenters. The molecule has 1 N–H and O–H groups in total. The average molecular weight is 218 g/mol. The molecule has 0 radical (unpaired) electrons. The number of halogens is 1. The second kappa shape index (κ2) is 4.06. The Balaban J connectivity index is 2.63. The van der Waals surface area contributed by atoms with Crippen LogP contribution in [-0.2, 0) is 0 Å². The lowest BCUT2D eigenvalue weighted by molar-refractivity contribution is 0.0697. The van der Waals surface area contributed by atoms with Crippen LogP contribution in [0.3, 0.4) is 0 Å². The van der Waals surface area contributed by atoms with Crippen LogP contribution in [0, 0.1) is 5.95 Å². The van der Waals surface area contributed by atoms with Crippen LogP contribution in [-0.4, -0.2) is 21.0 Å². The Hall–Kier alpha value is -2.30. The van der Waals surface area contributed by atoms with E-state index in [-0.39, 0.29) is 11.3 Å². The fraction of sp³-hybridized carbons (Fsp3) is 0. The van der Waals surface area contributed by atoms with E-state index in [1.165, 1.54) is 12.3 Å². The first-order valence-corrected chi connectivity index (χ1v) is 4.49. The third-order valence-corrected chi connectivity index (χ3v) is 2.03. The minimum atomic E-state index is -1.15. The monoisotopic (exact) mass is 218 g/mol. The summed E-state index contributed by atoms with van der Waals surface area (Å²) < 4.78 is 13.0. The molecule has 2 rings (SSSR count). The number of rotatable bonds is 2. The van der Waals surface area contributed by atoms with Crippen LogP contribution < -0.4 is 0 Å². The maximum absolute atomic E-state index is 13.0. The largest absolute Gasteiger partial charge is 0.478 e. The third-order valence-electron chi connectivity index (χ3n) is 2.03. The number of aromatic carboxylic acids is 1. The van der Waals surface area contributed by atoms with E-state index >= 15 is 0 Å². The molecule has 2 aromatic heterocycles. The van der Waals surface area contributed by atoms with E-state index in [0.717, 1.165) is 6.07 Å². The van der Waals surface area contributed by atoms with Gasteiger partial charge in [-0.25, -0.2) is 9.78 Å². The summed E-state index contributed by atoms with van der Waals surface area (Å²) in [7, 11) is 0. The summed E-state index contributed by atoms with van der Waals surface area (Å²) in [5.41, 5.74) is 0.509. The molecule has 2 aromatic rings. The van der Waals surface area contributed by atoms with Crippen LogP contribution in [0.25, 0.3) is 11.3 Å². The van der Waals surface area contributed by atoms with Crippen molar-refractivity contribution in [2.24, 2.45) is 0 Å². The predicted octanol–water partition coefficient (Wildman–Crippen LogP) is 1.98. The van der Waals surface area contributed by atoms with Gasteiger partial charge in [0.25, 0.3) is 0 Å². The SMILES string of the molecule is O=C(O)c1ccc(F)nc1-c1cccnc1. The maximum atomic E-state index is 13.0. The van der Waals surface area contributed by atoms with Crippen molar-refractivity contribution in [3.63, 3.8) is 0 Å². The summed E-state index contributed by atoms with van der Waals surface area (Å²) in [6.45, 7) is 0. The zero-order chi connectivity index (χ0) is 11.5. The fourth-order valence-electron chi connectivity index (χ4n) is 1.33. The molecule has 0 saturated carbocycles. The highest BCUT2D eigenvalue weighted by Gasteiger charge is 2.14. The number of carboxylic acid groups (broad SMARTS) is 1. The van der Waals surface area contributed by atoms with E-state index in [0.29, 0.717) is 5.56 Å². The lowest BCUT2D eigenvalue weighted by Crippen LogP contribution is -2.02. The molecule has 4 nitrogen and oxygen atoms in total. The van der Waals surface area contributed by atoms with Crippen LogP contribution in [0.4, 0.5) is 4.39 Å². The molecule has 0 aliphatic rings. The van der Waals surface area contributed by atoms with E-state index in [2.05, 4.69) is 9.97 Å². The summed E-state index contributed by atoms with van der Waals surface area (Å²) in [6.07, 6.45) is 2.98. The Morgan fingerprint density at radius 3 is 2.75 bits per heavy atom. The van der Waals surface area contributed by atoms with Gasteiger partial charge in [-0.3, -0.25) is 4.98 Å². The van der Waals surface area contributed by atoms with Crippen molar-refractivity contribution < 1.29 is 14.3 Å². The second-order valence-corrected chi connectivity index (χ2v) is 3.08. The quantitative estimate of drug-likeness (QED) is 0.783. The van der Waals surface area contributed by atoms with Crippen molar-refractivity contribution in [1.82, 2.24) is 9.97 Å². The highest BCUT2D eigenvalue weighted by atomic mass is 19.1. The van der Waals surface area contributed by atoms with Gasteiger partial charge in [0.1, 0.15) is 0 Å². The van der Waals surface area contributed by atoms with E-state index < -0.39 is 11.9 Å². The van der Waals surface area contributed by atoms with Crippen LogP contribution in [0.5, 0.6) is 0 Å². The normalized spacial score (nSPS) is 10.1. The molecule has 0 spiro atoms. The van der Waals surface area contributed by atoms with Gasteiger partial charge < -0.3 is 5.11 Å². The number of pyridine rings is 2. The summed E-state index contributed by atoms with van der Waals surface area (Å²) in [5.74, 6) is -1.87. The van der Waals surface area contributed by atoms with Crippen molar-refractivity contribution in [3.8, 4) is 11.3 Å². The van der Waals surface area contributed by atoms with E-state index in [1.807, 2.05) is 0 Å². The predicted molar refractivity (Wildman–Crippen MR) is 54.4 cm³/mol. The fourth-order valence-corrected chi connectivity index (χ4v) is 1.33. The molecule has 0 aromatic carbocycles.